The highest BCUT2D eigenvalue weighted by atomic mass is 35.5. The van der Waals surface area contributed by atoms with Crippen LogP contribution in [0.2, 0.25) is 5.02 Å². The van der Waals surface area contributed by atoms with Gasteiger partial charge in [0.25, 0.3) is 0 Å². The number of Topliss-reactive ketones (excluding diaryl/α,β-unsaturated/α-hetero) is 2. The van der Waals surface area contributed by atoms with Crippen molar-refractivity contribution in [3.8, 4) is 0 Å². The molecule has 1 aliphatic carbocycles. The van der Waals surface area contributed by atoms with E-state index in [0.29, 0.717) is 33.0 Å². The van der Waals surface area contributed by atoms with E-state index in [1.165, 1.54) is 0 Å². The summed E-state index contributed by atoms with van der Waals surface area (Å²) in [6.07, 6.45) is 0. The summed E-state index contributed by atoms with van der Waals surface area (Å²) in [6, 6.07) is 13.6. The fourth-order valence-corrected chi connectivity index (χ4v) is 4.02. The van der Waals surface area contributed by atoms with Crippen LogP contribution < -0.4 is 5.32 Å². The Bertz CT molecular complexity index is 1110. The van der Waals surface area contributed by atoms with E-state index in [2.05, 4.69) is 5.32 Å². The summed E-state index contributed by atoms with van der Waals surface area (Å²) in [7, 11) is 0. The monoisotopic (exact) mass is 377 g/mol. The molecule has 2 aromatic carbocycles. The van der Waals surface area contributed by atoms with E-state index in [9.17, 15) is 14.4 Å². The third-order valence-corrected chi connectivity index (χ3v) is 5.36. The van der Waals surface area contributed by atoms with Gasteiger partial charge in [-0.25, -0.2) is 4.79 Å². The third-order valence-electron chi connectivity index (χ3n) is 5.11. The molecule has 0 fully saturated rings. The Hall–Kier alpha value is -3.18. The van der Waals surface area contributed by atoms with Gasteiger partial charge in [0, 0.05) is 27.6 Å². The molecular weight excluding hydrogens is 366 g/mol. The summed E-state index contributed by atoms with van der Waals surface area (Å²) in [4.78, 5) is 38.7. The van der Waals surface area contributed by atoms with E-state index in [0.717, 1.165) is 0 Å². The van der Waals surface area contributed by atoms with E-state index in [1.54, 1.807) is 48.5 Å². The molecule has 6 heteroatoms. The second-order valence-corrected chi connectivity index (χ2v) is 7.01. The van der Waals surface area contributed by atoms with Gasteiger partial charge >= 0.3 is 5.97 Å². The minimum atomic E-state index is -0.673. The number of allylic oxidation sites excluding steroid dienone is 2. The lowest BCUT2D eigenvalue weighted by molar-refractivity contribution is -0.136. The van der Waals surface area contributed by atoms with Crippen molar-refractivity contribution in [2.75, 3.05) is 6.61 Å². The normalized spacial score (nSPS) is 20.8. The van der Waals surface area contributed by atoms with Gasteiger partial charge in [-0.1, -0.05) is 48.0 Å². The van der Waals surface area contributed by atoms with E-state index < -0.39 is 11.9 Å². The second-order valence-electron chi connectivity index (χ2n) is 6.57. The Labute approximate surface area is 159 Å². The van der Waals surface area contributed by atoms with Crippen LogP contribution in [-0.2, 0) is 9.53 Å². The van der Waals surface area contributed by atoms with E-state index in [1.807, 2.05) is 0 Å². The summed E-state index contributed by atoms with van der Waals surface area (Å²) in [5.74, 6) is -1.68. The number of carbonyl (C=O) groups is 3. The Balaban J connectivity index is 1.76. The standard InChI is InChI=1S/C21H12ClNO4/c22-11-7-5-10(6-8-11)15-16-14(9-27-21(16)26)23-18-17(15)19(24)12-3-1-2-4-13(12)20(18)25/h1-8,15,23H,9H2. The number of fused-ring (bicyclic) bond motifs is 1. The predicted octanol–water partition coefficient (Wildman–Crippen LogP) is 3.17. The number of rotatable bonds is 1. The van der Waals surface area contributed by atoms with Crippen molar-refractivity contribution in [1.29, 1.82) is 0 Å². The number of esters is 1. The van der Waals surface area contributed by atoms with Crippen molar-refractivity contribution in [3.63, 3.8) is 0 Å². The molecule has 1 unspecified atom stereocenters. The topological polar surface area (TPSA) is 72.5 Å². The van der Waals surface area contributed by atoms with Crippen molar-refractivity contribution in [1.82, 2.24) is 5.32 Å². The lowest BCUT2D eigenvalue weighted by Crippen LogP contribution is -2.37. The highest BCUT2D eigenvalue weighted by molar-refractivity contribution is 6.30. The van der Waals surface area contributed by atoms with Crippen molar-refractivity contribution in [3.05, 3.63) is 92.8 Å². The van der Waals surface area contributed by atoms with E-state index >= 15 is 0 Å². The molecule has 2 aromatic rings. The zero-order valence-electron chi connectivity index (χ0n) is 13.9. The van der Waals surface area contributed by atoms with Gasteiger partial charge in [-0.05, 0) is 17.7 Å². The van der Waals surface area contributed by atoms with Crippen molar-refractivity contribution in [2.24, 2.45) is 0 Å². The second kappa shape index (κ2) is 5.66. The van der Waals surface area contributed by atoms with Crippen LogP contribution in [0.5, 0.6) is 0 Å². The minimum absolute atomic E-state index is 0.0537. The maximum Gasteiger partial charge on any atom is 0.337 e. The van der Waals surface area contributed by atoms with E-state index in [-0.39, 0.29) is 29.4 Å². The average molecular weight is 378 g/mol. The third kappa shape index (κ3) is 2.22. The van der Waals surface area contributed by atoms with Gasteiger partial charge in [-0.15, -0.1) is 0 Å². The summed E-state index contributed by atoms with van der Waals surface area (Å²) >= 11 is 6.00. The van der Waals surface area contributed by atoms with E-state index in [4.69, 9.17) is 16.3 Å². The fraction of sp³-hybridized carbons (Fsp3) is 0.0952. The van der Waals surface area contributed by atoms with Gasteiger partial charge in [0.1, 0.15) is 6.61 Å². The lowest BCUT2D eigenvalue weighted by atomic mass is 9.73. The molecule has 1 N–H and O–H groups in total. The number of hydrogen-bond acceptors (Lipinski definition) is 5. The quantitative estimate of drug-likeness (QED) is 0.773. The summed E-state index contributed by atoms with van der Waals surface area (Å²) in [5, 5.41) is 3.54. The fourth-order valence-electron chi connectivity index (χ4n) is 3.89. The van der Waals surface area contributed by atoms with Crippen molar-refractivity contribution >= 4 is 29.1 Å². The Morgan fingerprint density at radius 1 is 0.889 bits per heavy atom. The van der Waals surface area contributed by atoms with Crippen LogP contribution >= 0.6 is 11.6 Å². The molecule has 132 valence electrons. The number of cyclic esters (lactones) is 1. The van der Waals surface area contributed by atoms with Crippen LogP contribution in [0.1, 0.15) is 32.2 Å². The lowest BCUT2D eigenvalue weighted by Gasteiger charge is -2.31. The highest BCUT2D eigenvalue weighted by Gasteiger charge is 2.46. The highest BCUT2D eigenvalue weighted by Crippen LogP contribution is 2.44. The first-order chi connectivity index (χ1) is 13.1. The maximum absolute atomic E-state index is 13.3. The van der Waals surface area contributed by atoms with Gasteiger partial charge in [-0.3, -0.25) is 9.59 Å². The molecule has 0 spiro atoms. The first kappa shape index (κ1) is 16.0. The molecule has 1 atom stereocenters. The molecule has 2 aliphatic heterocycles. The van der Waals surface area contributed by atoms with Gasteiger partial charge in [0.15, 0.2) is 5.78 Å². The van der Waals surface area contributed by atoms with Gasteiger partial charge in [0.05, 0.1) is 17.0 Å². The molecule has 27 heavy (non-hydrogen) atoms. The summed E-state index contributed by atoms with van der Waals surface area (Å²) < 4.78 is 5.18. The Morgan fingerprint density at radius 3 is 2.26 bits per heavy atom. The van der Waals surface area contributed by atoms with Crippen LogP contribution in [0.3, 0.4) is 0 Å². The van der Waals surface area contributed by atoms with Crippen LogP contribution in [0, 0.1) is 0 Å². The number of dihydropyridines is 1. The molecule has 0 aromatic heterocycles. The number of nitrogens with one attached hydrogen (secondary N) is 1. The maximum atomic E-state index is 13.3. The molecule has 0 amide bonds. The molecule has 5 rings (SSSR count). The Morgan fingerprint density at radius 2 is 1.56 bits per heavy atom. The molecule has 3 aliphatic rings. The number of halogens is 1. The molecule has 0 radical (unpaired) electrons. The average Bonchev–Trinajstić information content (AvgIpc) is 3.06. The first-order valence-electron chi connectivity index (χ1n) is 8.41. The van der Waals surface area contributed by atoms with Gasteiger partial charge in [-0.2, -0.15) is 0 Å². The summed E-state index contributed by atoms with van der Waals surface area (Å²) in [6.45, 7) is 0.0537. The van der Waals surface area contributed by atoms with Gasteiger partial charge < -0.3 is 10.1 Å². The minimum Gasteiger partial charge on any atom is -0.456 e. The number of ether oxygens (including phenoxy) is 1. The van der Waals surface area contributed by atoms with Crippen molar-refractivity contribution < 1.29 is 19.1 Å². The van der Waals surface area contributed by atoms with Crippen LogP contribution in [0.4, 0.5) is 0 Å². The number of benzene rings is 2. The summed E-state index contributed by atoms with van der Waals surface area (Å²) in [5.41, 5.74) is 2.81. The largest absolute Gasteiger partial charge is 0.456 e. The van der Waals surface area contributed by atoms with Crippen molar-refractivity contribution in [2.45, 2.75) is 5.92 Å². The molecule has 0 bridgehead atoms. The first-order valence-corrected chi connectivity index (χ1v) is 8.79. The number of ketones is 2. The van der Waals surface area contributed by atoms with Crippen LogP contribution in [0.25, 0.3) is 0 Å². The molecule has 0 saturated carbocycles. The zero-order valence-corrected chi connectivity index (χ0v) is 14.7. The predicted molar refractivity (Wildman–Crippen MR) is 97.4 cm³/mol. The molecule has 5 nitrogen and oxygen atoms in total. The van der Waals surface area contributed by atoms with Crippen LogP contribution in [0.15, 0.2) is 71.1 Å². The number of carbonyl (C=O) groups excluding carboxylic acids is 3. The molecule has 0 saturated heterocycles. The number of hydrogen-bond donors (Lipinski definition) is 1. The smallest absolute Gasteiger partial charge is 0.337 e. The molecular formula is C21H12ClNO4. The Kier molecular flexibility index (Phi) is 3.36. The SMILES string of the molecule is O=C1OCC2=C1C(c1ccc(Cl)cc1)C1=C(N2)C(=O)c2ccccc2C1=O. The molecule has 2 heterocycles. The van der Waals surface area contributed by atoms with Crippen LogP contribution in [-0.4, -0.2) is 24.1 Å². The zero-order chi connectivity index (χ0) is 18.7. The van der Waals surface area contributed by atoms with Gasteiger partial charge in [0.2, 0.25) is 5.78 Å².